The molecule has 0 amide bonds. The molecule has 2 rings (SSSR count). The van der Waals surface area contributed by atoms with Gasteiger partial charge in [0.2, 0.25) is 0 Å². The van der Waals surface area contributed by atoms with Crippen molar-refractivity contribution in [3.8, 4) is 11.5 Å². The van der Waals surface area contributed by atoms with Crippen LogP contribution < -0.4 is 14.8 Å². The molecule has 0 fully saturated rings. The number of methoxy groups -OCH3 is 1. The van der Waals surface area contributed by atoms with Crippen LogP contribution in [0.4, 0.5) is 39.5 Å². The molecule has 8 nitrogen and oxygen atoms in total. The molecular weight excluding hydrogens is 547 g/mol. The number of carbonyl (C=O) groups is 1. The third-order valence-corrected chi connectivity index (χ3v) is 4.99. The topological polar surface area (TPSA) is 99.9 Å². The SMILES string of the molecule is COC(=O)CC(NC[C@@H]([N+](=O)[O-])C(F)(F)F)(c1cccc(OC(F)(F)F)c1)c1cccc(OC(F)(F)F)c1. The summed E-state index contributed by atoms with van der Waals surface area (Å²) in [5.74, 6) is -3.00. The Labute approximate surface area is 207 Å². The van der Waals surface area contributed by atoms with E-state index < -0.39 is 77.0 Å². The molecule has 2 aromatic carbocycles. The summed E-state index contributed by atoms with van der Waals surface area (Å²) in [5, 5.41) is 13.3. The van der Waals surface area contributed by atoms with Crippen molar-refractivity contribution in [3.05, 3.63) is 69.8 Å². The Balaban J connectivity index is 2.79. The van der Waals surface area contributed by atoms with Gasteiger partial charge in [0.25, 0.3) is 0 Å². The summed E-state index contributed by atoms with van der Waals surface area (Å²) in [6, 6.07) is 3.58. The van der Waals surface area contributed by atoms with E-state index in [1.807, 2.05) is 0 Å². The van der Waals surface area contributed by atoms with Crippen molar-refractivity contribution in [3.63, 3.8) is 0 Å². The molecule has 0 aliphatic rings. The maximum atomic E-state index is 13.3. The number of halogens is 9. The Hall–Kier alpha value is -3.76. The van der Waals surface area contributed by atoms with Crippen LogP contribution in [-0.4, -0.2) is 49.5 Å². The van der Waals surface area contributed by atoms with E-state index in [1.54, 1.807) is 0 Å². The first-order valence-electron chi connectivity index (χ1n) is 10.1. The van der Waals surface area contributed by atoms with Gasteiger partial charge in [-0.05, 0) is 35.4 Å². The maximum absolute atomic E-state index is 13.3. The van der Waals surface area contributed by atoms with Crippen molar-refractivity contribution in [2.75, 3.05) is 13.7 Å². The van der Waals surface area contributed by atoms with Crippen LogP contribution in [0.5, 0.6) is 11.5 Å². The predicted molar refractivity (Wildman–Crippen MR) is 109 cm³/mol. The van der Waals surface area contributed by atoms with Gasteiger partial charge in [-0.3, -0.25) is 20.2 Å². The Morgan fingerprint density at radius 3 is 1.68 bits per heavy atom. The number of hydrogen-bond donors (Lipinski definition) is 1. The number of benzene rings is 2. The van der Waals surface area contributed by atoms with Crippen molar-refractivity contribution < 1.29 is 63.4 Å². The first-order chi connectivity index (χ1) is 17.4. The number of carbonyl (C=O) groups excluding carboxylic acids is 1. The number of rotatable bonds is 10. The molecule has 0 heterocycles. The second-order valence-corrected chi connectivity index (χ2v) is 7.53. The minimum atomic E-state index is -5.42. The van der Waals surface area contributed by atoms with E-state index in [0.29, 0.717) is 12.1 Å². The molecule has 0 aliphatic heterocycles. The quantitative estimate of drug-likeness (QED) is 0.186. The summed E-state index contributed by atoms with van der Waals surface area (Å²) >= 11 is 0. The lowest BCUT2D eigenvalue weighted by molar-refractivity contribution is -0.560. The average Bonchev–Trinajstić information content (AvgIpc) is 2.75. The zero-order valence-electron chi connectivity index (χ0n) is 18.9. The molecule has 0 radical (unpaired) electrons. The summed E-state index contributed by atoms with van der Waals surface area (Å²) < 4.78 is 129. The lowest BCUT2D eigenvalue weighted by Crippen LogP contribution is -2.53. The second kappa shape index (κ2) is 11.3. The van der Waals surface area contributed by atoms with E-state index in [4.69, 9.17) is 0 Å². The third kappa shape index (κ3) is 8.39. The molecule has 0 bridgehead atoms. The fraction of sp³-hybridized carbons (Fsp3) is 0.381. The highest BCUT2D eigenvalue weighted by Crippen LogP contribution is 2.39. The lowest BCUT2D eigenvalue weighted by Gasteiger charge is -2.36. The van der Waals surface area contributed by atoms with Crippen molar-refractivity contribution >= 4 is 5.97 Å². The fourth-order valence-electron chi connectivity index (χ4n) is 3.42. The minimum Gasteiger partial charge on any atom is -0.469 e. The van der Waals surface area contributed by atoms with Gasteiger partial charge in [-0.25, -0.2) is 0 Å². The summed E-state index contributed by atoms with van der Waals surface area (Å²) in [5.41, 5.74) is -3.26. The Kier molecular flexibility index (Phi) is 9.08. The van der Waals surface area contributed by atoms with Gasteiger partial charge >= 0.3 is 30.9 Å². The molecule has 0 aromatic heterocycles. The highest BCUT2D eigenvalue weighted by atomic mass is 19.4. The molecule has 210 valence electrons. The molecule has 0 saturated heterocycles. The van der Waals surface area contributed by atoms with Crippen LogP contribution >= 0.6 is 0 Å². The first kappa shape index (κ1) is 30.5. The summed E-state index contributed by atoms with van der Waals surface area (Å²) in [4.78, 5) is 21.7. The van der Waals surface area contributed by atoms with Crippen molar-refractivity contribution in [1.29, 1.82) is 0 Å². The summed E-state index contributed by atoms with van der Waals surface area (Å²) in [7, 11) is 0.856. The molecule has 0 saturated carbocycles. The monoisotopic (exact) mass is 564 g/mol. The maximum Gasteiger partial charge on any atom is 0.573 e. The van der Waals surface area contributed by atoms with E-state index >= 15 is 0 Å². The third-order valence-electron chi connectivity index (χ3n) is 4.99. The van der Waals surface area contributed by atoms with Crippen LogP contribution in [0.2, 0.25) is 0 Å². The smallest absolute Gasteiger partial charge is 0.469 e. The van der Waals surface area contributed by atoms with Crippen LogP contribution in [-0.2, 0) is 15.1 Å². The van der Waals surface area contributed by atoms with Gasteiger partial charge in [0.1, 0.15) is 11.5 Å². The Morgan fingerprint density at radius 1 is 0.895 bits per heavy atom. The van der Waals surface area contributed by atoms with Crippen molar-refractivity contribution in [2.45, 2.75) is 36.9 Å². The standard InChI is InChI=1S/C21H17F9N2O6/c1-36-17(33)10-18(31-11-16(32(34)35)19(22,23)24,12-4-2-6-14(8-12)37-20(25,26)27)13-5-3-7-15(9-13)38-21(28,29)30/h2-9,16,31H,10-11H2,1H3/t16-/m1/s1. The van der Waals surface area contributed by atoms with E-state index in [0.717, 1.165) is 43.5 Å². The zero-order chi connectivity index (χ0) is 28.9. The highest BCUT2D eigenvalue weighted by Gasteiger charge is 2.51. The number of alkyl halides is 9. The van der Waals surface area contributed by atoms with Gasteiger partial charge in [0, 0.05) is 4.92 Å². The van der Waals surface area contributed by atoms with Crippen LogP contribution in [0.25, 0.3) is 0 Å². The number of ether oxygens (including phenoxy) is 3. The van der Waals surface area contributed by atoms with Gasteiger partial charge in [-0.15, -0.1) is 26.3 Å². The zero-order valence-corrected chi connectivity index (χ0v) is 18.9. The molecule has 38 heavy (non-hydrogen) atoms. The van der Waals surface area contributed by atoms with Crippen LogP contribution in [0, 0.1) is 10.1 Å². The molecular formula is C21H17F9N2O6. The highest BCUT2D eigenvalue weighted by molar-refractivity contribution is 5.72. The van der Waals surface area contributed by atoms with Gasteiger partial charge in [-0.1, -0.05) is 24.3 Å². The van der Waals surface area contributed by atoms with Crippen molar-refractivity contribution in [1.82, 2.24) is 5.32 Å². The molecule has 0 aliphatic carbocycles. The molecule has 0 unspecified atom stereocenters. The molecule has 2 aromatic rings. The van der Waals surface area contributed by atoms with Crippen LogP contribution in [0.3, 0.4) is 0 Å². The lowest BCUT2D eigenvalue weighted by atomic mass is 9.79. The average molecular weight is 564 g/mol. The van der Waals surface area contributed by atoms with Gasteiger partial charge in [0.05, 0.1) is 25.6 Å². The number of esters is 1. The number of hydrogen-bond acceptors (Lipinski definition) is 7. The summed E-state index contributed by atoms with van der Waals surface area (Å²) in [6.07, 6.45) is -16.9. The van der Waals surface area contributed by atoms with E-state index in [1.165, 1.54) is 0 Å². The second-order valence-electron chi connectivity index (χ2n) is 7.53. The molecule has 1 atom stereocenters. The minimum absolute atomic E-state index is 0.432. The van der Waals surface area contributed by atoms with E-state index in [-0.39, 0.29) is 0 Å². The van der Waals surface area contributed by atoms with Crippen LogP contribution in [0.15, 0.2) is 48.5 Å². The first-order valence-corrected chi connectivity index (χ1v) is 10.1. The largest absolute Gasteiger partial charge is 0.573 e. The van der Waals surface area contributed by atoms with Gasteiger partial charge in [-0.2, -0.15) is 13.2 Å². The number of nitro groups is 1. The van der Waals surface area contributed by atoms with Gasteiger partial charge in [0.15, 0.2) is 0 Å². The Bertz CT molecular complexity index is 1080. The normalized spacial score (nSPS) is 13.5. The molecule has 17 heteroatoms. The predicted octanol–water partition coefficient (Wildman–Crippen LogP) is 5.09. The summed E-state index contributed by atoms with van der Waals surface area (Å²) in [6.45, 7) is -1.55. The molecule has 0 spiro atoms. The number of nitrogens with one attached hydrogen (secondary N) is 1. The Morgan fingerprint density at radius 2 is 1.34 bits per heavy atom. The fourth-order valence-corrected chi connectivity index (χ4v) is 3.42. The van der Waals surface area contributed by atoms with Gasteiger partial charge < -0.3 is 14.2 Å². The molecule has 1 N–H and O–H groups in total. The van der Waals surface area contributed by atoms with Crippen molar-refractivity contribution in [2.24, 2.45) is 0 Å². The van der Waals surface area contributed by atoms with E-state index in [2.05, 4.69) is 19.5 Å². The number of nitrogens with zero attached hydrogens (tertiary/aromatic N) is 1. The van der Waals surface area contributed by atoms with Crippen LogP contribution in [0.1, 0.15) is 17.5 Å². The van der Waals surface area contributed by atoms with E-state index in [9.17, 15) is 54.4 Å².